The van der Waals surface area contributed by atoms with Crippen molar-refractivity contribution in [1.29, 1.82) is 0 Å². The van der Waals surface area contributed by atoms with Crippen LogP contribution in [0.2, 0.25) is 0 Å². The average molecular weight is 525 g/mol. The van der Waals surface area contributed by atoms with E-state index in [0.717, 1.165) is 25.9 Å². The van der Waals surface area contributed by atoms with Crippen LogP contribution in [0.4, 0.5) is 23.1 Å². The van der Waals surface area contributed by atoms with Crippen LogP contribution in [-0.4, -0.2) is 91.2 Å². The number of hydrazine groups is 1. The summed E-state index contributed by atoms with van der Waals surface area (Å²) in [5.74, 6) is 1.40. The van der Waals surface area contributed by atoms with Gasteiger partial charge in [0, 0.05) is 51.9 Å². The van der Waals surface area contributed by atoms with Gasteiger partial charge in [0.15, 0.2) is 5.82 Å². The van der Waals surface area contributed by atoms with E-state index in [1.165, 1.54) is 0 Å². The quantitative estimate of drug-likeness (QED) is 0.539. The number of piperidine rings is 1. The van der Waals surface area contributed by atoms with Gasteiger partial charge in [-0.05, 0) is 51.3 Å². The van der Waals surface area contributed by atoms with Gasteiger partial charge in [0.2, 0.25) is 5.95 Å². The molecule has 0 saturated carbocycles. The van der Waals surface area contributed by atoms with E-state index < -0.39 is 0 Å². The minimum atomic E-state index is -0.352. The molecule has 1 saturated heterocycles. The lowest BCUT2D eigenvalue weighted by atomic mass is 10.0. The van der Waals surface area contributed by atoms with Crippen LogP contribution in [0.15, 0.2) is 24.4 Å². The Bertz CT molecular complexity index is 1160. The van der Waals surface area contributed by atoms with Crippen molar-refractivity contribution in [1.82, 2.24) is 25.2 Å². The van der Waals surface area contributed by atoms with Gasteiger partial charge >= 0.3 is 0 Å². The van der Waals surface area contributed by atoms with Gasteiger partial charge in [-0.2, -0.15) is 4.98 Å². The minimum Gasteiger partial charge on any atom is -0.495 e. The van der Waals surface area contributed by atoms with Crippen LogP contribution in [0.1, 0.15) is 50.4 Å². The molecule has 1 aromatic heterocycles. The van der Waals surface area contributed by atoms with Gasteiger partial charge in [0.1, 0.15) is 17.5 Å². The lowest BCUT2D eigenvalue weighted by Gasteiger charge is -2.43. The molecule has 1 atom stereocenters. The van der Waals surface area contributed by atoms with Gasteiger partial charge in [-0.3, -0.25) is 14.6 Å². The number of rotatable bonds is 8. The van der Waals surface area contributed by atoms with Crippen LogP contribution in [0.3, 0.4) is 0 Å². The number of methoxy groups -OCH3 is 1. The first-order valence-electron chi connectivity index (χ1n) is 13.3. The summed E-state index contributed by atoms with van der Waals surface area (Å²) in [6.07, 6.45) is 4.17. The number of nitrogens with one attached hydrogen (secondary N) is 2. The normalized spacial score (nSPS) is 18.7. The van der Waals surface area contributed by atoms with E-state index in [0.29, 0.717) is 46.9 Å². The second-order valence-electron chi connectivity index (χ2n) is 10.3. The number of ether oxygens (including phenoxy) is 1. The van der Waals surface area contributed by atoms with Crippen molar-refractivity contribution in [3.8, 4) is 5.75 Å². The number of hydrogen-bond donors (Lipinski definition) is 2. The standard InChI is InChI=1S/C27H40N8O3/c1-8-21-26(37)33(6)22-16-28-27(31-24(22)35(21)32(4)5)30-20-10-9-18(15-23(20)38-7)25(36)29-19-11-13-34(14-12-19)17(2)3/h9-10,15-17,19,21H,8,11-14H2,1-7H3,(H,29,36)(H,28,30,31). The molecular weight excluding hydrogens is 484 g/mol. The Morgan fingerprint density at radius 2 is 1.95 bits per heavy atom. The molecule has 1 unspecified atom stereocenters. The van der Waals surface area contributed by atoms with Gasteiger partial charge in [-0.25, -0.2) is 9.99 Å². The Hall–Kier alpha value is -3.44. The fraction of sp³-hybridized carbons (Fsp3) is 0.556. The Balaban J connectivity index is 1.51. The van der Waals surface area contributed by atoms with E-state index in [4.69, 9.17) is 9.72 Å². The highest BCUT2D eigenvalue weighted by Gasteiger charge is 2.38. The highest BCUT2D eigenvalue weighted by Crippen LogP contribution is 2.36. The number of likely N-dealkylation sites (N-methyl/N-ethyl adjacent to an activating group) is 1. The first-order valence-corrected chi connectivity index (χ1v) is 13.3. The summed E-state index contributed by atoms with van der Waals surface area (Å²) in [5, 5.41) is 10.2. The van der Waals surface area contributed by atoms with E-state index in [2.05, 4.69) is 34.4 Å². The van der Waals surface area contributed by atoms with Crippen molar-refractivity contribution in [3.05, 3.63) is 30.0 Å². The summed E-state index contributed by atoms with van der Waals surface area (Å²) < 4.78 is 5.60. The average Bonchev–Trinajstić information content (AvgIpc) is 2.90. The molecule has 1 fully saturated rings. The number of aromatic nitrogens is 2. The van der Waals surface area contributed by atoms with E-state index >= 15 is 0 Å². The van der Waals surface area contributed by atoms with Crippen molar-refractivity contribution >= 4 is 35.0 Å². The Kier molecular flexibility index (Phi) is 8.37. The summed E-state index contributed by atoms with van der Waals surface area (Å²) in [4.78, 5) is 39.1. The lowest BCUT2D eigenvalue weighted by molar-refractivity contribution is -0.120. The molecule has 2 aromatic rings. The fourth-order valence-corrected chi connectivity index (χ4v) is 5.13. The summed E-state index contributed by atoms with van der Waals surface area (Å²) in [7, 11) is 7.09. The number of anilines is 4. The van der Waals surface area contributed by atoms with E-state index in [1.807, 2.05) is 31.0 Å². The minimum absolute atomic E-state index is 0.000909. The molecule has 38 heavy (non-hydrogen) atoms. The number of benzene rings is 1. The van der Waals surface area contributed by atoms with Gasteiger partial charge in [0.05, 0.1) is 19.0 Å². The molecule has 11 nitrogen and oxygen atoms in total. The second-order valence-corrected chi connectivity index (χ2v) is 10.3. The summed E-state index contributed by atoms with van der Waals surface area (Å²) in [6, 6.07) is 5.64. The predicted octanol–water partition coefficient (Wildman–Crippen LogP) is 2.87. The number of amides is 2. The van der Waals surface area contributed by atoms with Crippen molar-refractivity contribution in [2.24, 2.45) is 0 Å². The number of carbonyl (C=O) groups excluding carboxylic acids is 2. The van der Waals surface area contributed by atoms with Gasteiger partial charge in [0.25, 0.3) is 11.8 Å². The highest BCUT2D eigenvalue weighted by molar-refractivity contribution is 6.04. The second kappa shape index (κ2) is 11.5. The molecule has 1 aromatic carbocycles. The first kappa shape index (κ1) is 27.6. The maximum Gasteiger partial charge on any atom is 0.251 e. The summed E-state index contributed by atoms with van der Waals surface area (Å²) in [5.41, 5.74) is 1.81. The molecule has 2 amide bonds. The highest BCUT2D eigenvalue weighted by atomic mass is 16.5. The molecule has 2 aliphatic rings. The van der Waals surface area contributed by atoms with Crippen LogP contribution in [0, 0.1) is 0 Å². The molecule has 0 bridgehead atoms. The Morgan fingerprint density at radius 1 is 1.24 bits per heavy atom. The molecule has 0 spiro atoms. The number of carbonyl (C=O) groups is 2. The van der Waals surface area contributed by atoms with Crippen molar-refractivity contribution in [3.63, 3.8) is 0 Å². The summed E-state index contributed by atoms with van der Waals surface area (Å²) >= 11 is 0. The van der Waals surface area contributed by atoms with Crippen molar-refractivity contribution in [2.75, 3.05) is 56.6 Å². The molecule has 2 N–H and O–H groups in total. The SMILES string of the molecule is CCC1C(=O)N(C)c2cnc(Nc3ccc(C(=O)NC4CCN(C(C)C)CC4)cc3OC)nc2N1N(C)C. The zero-order valence-corrected chi connectivity index (χ0v) is 23.5. The van der Waals surface area contributed by atoms with Gasteiger partial charge < -0.3 is 25.2 Å². The maximum absolute atomic E-state index is 13.0. The van der Waals surface area contributed by atoms with Gasteiger partial charge in [-0.15, -0.1) is 0 Å². The molecule has 11 heteroatoms. The van der Waals surface area contributed by atoms with Gasteiger partial charge in [-0.1, -0.05) is 6.92 Å². The topological polar surface area (TPSA) is 106 Å². The molecule has 206 valence electrons. The number of fused-ring (bicyclic) bond motifs is 1. The number of nitrogens with zero attached hydrogens (tertiary/aromatic N) is 6. The monoisotopic (exact) mass is 524 g/mol. The largest absolute Gasteiger partial charge is 0.495 e. The van der Waals surface area contributed by atoms with Crippen LogP contribution in [-0.2, 0) is 4.79 Å². The van der Waals surface area contributed by atoms with Crippen molar-refractivity contribution in [2.45, 2.75) is 58.2 Å². The zero-order chi connectivity index (χ0) is 27.6. The van der Waals surface area contributed by atoms with E-state index in [9.17, 15) is 9.59 Å². The Morgan fingerprint density at radius 3 is 2.55 bits per heavy atom. The smallest absolute Gasteiger partial charge is 0.251 e. The first-order chi connectivity index (χ1) is 18.1. The lowest BCUT2D eigenvalue weighted by Crippen LogP contribution is -2.57. The van der Waals surface area contributed by atoms with Crippen LogP contribution in [0.5, 0.6) is 5.75 Å². The summed E-state index contributed by atoms with van der Waals surface area (Å²) in [6.45, 7) is 8.37. The fourth-order valence-electron chi connectivity index (χ4n) is 5.13. The molecule has 2 aliphatic heterocycles. The molecular formula is C27H40N8O3. The molecule has 4 rings (SSSR count). The maximum atomic E-state index is 13.0. The van der Waals surface area contributed by atoms with Crippen LogP contribution < -0.4 is 25.3 Å². The molecule has 0 radical (unpaired) electrons. The van der Waals surface area contributed by atoms with Crippen molar-refractivity contribution < 1.29 is 14.3 Å². The zero-order valence-electron chi connectivity index (χ0n) is 23.5. The third-order valence-corrected chi connectivity index (χ3v) is 7.36. The third kappa shape index (κ3) is 5.53. The third-order valence-electron chi connectivity index (χ3n) is 7.36. The molecule has 3 heterocycles. The number of hydrogen-bond acceptors (Lipinski definition) is 9. The van der Waals surface area contributed by atoms with E-state index in [-0.39, 0.29) is 23.9 Å². The van der Waals surface area contributed by atoms with Crippen LogP contribution >= 0.6 is 0 Å². The predicted molar refractivity (Wildman–Crippen MR) is 149 cm³/mol. The van der Waals surface area contributed by atoms with E-state index in [1.54, 1.807) is 43.5 Å². The number of likely N-dealkylation sites (tertiary alicyclic amines) is 1. The van der Waals surface area contributed by atoms with Crippen LogP contribution in [0.25, 0.3) is 0 Å². The molecule has 0 aliphatic carbocycles. The Labute approximate surface area is 225 Å².